The lowest BCUT2D eigenvalue weighted by atomic mass is 10.2. The molecule has 2 N–H and O–H groups in total. The highest BCUT2D eigenvalue weighted by atomic mass is 16.6. The third-order valence-corrected chi connectivity index (χ3v) is 4.35. The van der Waals surface area contributed by atoms with Gasteiger partial charge in [0.15, 0.2) is 11.5 Å². The first-order valence-electron chi connectivity index (χ1n) is 8.82. The largest absolute Gasteiger partial charge is 0.486 e. The molecule has 1 aliphatic heterocycles. The summed E-state index contributed by atoms with van der Waals surface area (Å²) in [6, 6.07) is 14.6. The lowest BCUT2D eigenvalue weighted by Crippen LogP contribution is -2.40. The second kappa shape index (κ2) is 7.49. The number of amides is 1. The number of hydrogen-bond acceptors (Lipinski definition) is 5. The quantitative estimate of drug-likeness (QED) is 0.719. The number of hydrogen-bond donors (Lipinski definition) is 2. The number of aromatic nitrogens is 2. The predicted octanol–water partition coefficient (Wildman–Crippen LogP) is 1.81. The Hall–Kier alpha value is -3.35. The van der Waals surface area contributed by atoms with Crippen LogP contribution in [0.3, 0.4) is 0 Å². The SMILES string of the molecule is O=C(CCc1nc2ccccc2c(=O)[nH]1)NC[C@H]1COc2ccccc2O1. The Labute approximate surface area is 155 Å². The number of H-pyrrole nitrogens is 1. The molecule has 0 saturated heterocycles. The molecule has 7 nitrogen and oxygen atoms in total. The third-order valence-electron chi connectivity index (χ3n) is 4.35. The van der Waals surface area contributed by atoms with E-state index in [1.54, 1.807) is 18.2 Å². The Kier molecular flexibility index (Phi) is 4.74. The number of fused-ring (bicyclic) bond motifs is 2. The van der Waals surface area contributed by atoms with Gasteiger partial charge in [-0.25, -0.2) is 4.98 Å². The van der Waals surface area contributed by atoms with Crippen LogP contribution in [-0.2, 0) is 11.2 Å². The summed E-state index contributed by atoms with van der Waals surface area (Å²) in [6.07, 6.45) is 0.352. The molecule has 27 heavy (non-hydrogen) atoms. The van der Waals surface area contributed by atoms with Gasteiger partial charge in [0, 0.05) is 12.8 Å². The minimum Gasteiger partial charge on any atom is -0.486 e. The Bertz CT molecular complexity index is 1030. The van der Waals surface area contributed by atoms with Crippen molar-refractivity contribution in [3.63, 3.8) is 0 Å². The maximum atomic E-state index is 12.1. The summed E-state index contributed by atoms with van der Waals surface area (Å²) in [4.78, 5) is 31.3. The van der Waals surface area contributed by atoms with Crippen LogP contribution in [-0.4, -0.2) is 35.1 Å². The first-order chi connectivity index (χ1) is 13.2. The van der Waals surface area contributed by atoms with E-state index in [2.05, 4.69) is 15.3 Å². The summed E-state index contributed by atoms with van der Waals surface area (Å²) in [5.74, 6) is 1.76. The summed E-state index contributed by atoms with van der Waals surface area (Å²) in [7, 11) is 0. The third kappa shape index (κ3) is 3.92. The van der Waals surface area contributed by atoms with Crippen LogP contribution in [0, 0.1) is 0 Å². The number of aromatic amines is 1. The number of nitrogens with zero attached hydrogens (tertiary/aromatic N) is 1. The molecule has 1 atom stereocenters. The molecule has 138 valence electrons. The number of ether oxygens (including phenoxy) is 2. The van der Waals surface area contributed by atoms with Crippen molar-refractivity contribution in [2.24, 2.45) is 0 Å². The molecule has 0 aliphatic carbocycles. The van der Waals surface area contributed by atoms with Gasteiger partial charge in [0.2, 0.25) is 5.91 Å². The van der Waals surface area contributed by atoms with Crippen molar-refractivity contribution in [3.05, 3.63) is 64.7 Å². The van der Waals surface area contributed by atoms with Gasteiger partial charge in [-0.1, -0.05) is 24.3 Å². The topological polar surface area (TPSA) is 93.3 Å². The van der Waals surface area contributed by atoms with Gasteiger partial charge in [0.25, 0.3) is 5.56 Å². The van der Waals surface area contributed by atoms with Gasteiger partial charge in [-0.15, -0.1) is 0 Å². The Balaban J connectivity index is 1.30. The van der Waals surface area contributed by atoms with Crippen molar-refractivity contribution in [1.29, 1.82) is 0 Å². The number of aryl methyl sites for hydroxylation is 1. The number of nitrogens with one attached hydrogen (secondary N) is 2. The fourth-order valence-corrected chi connectivity index (χ4v) is 2.96. The van der Waals surface area contributed by atoms with Crippen molar-refractivity contribution in [2.45, 2.75) is 18.9 Å². The second-order valence-electron chi connectivity index (χ2n) is 6.33. The molecular weight excluding hydrogens is 346 g/mol. The summed E-state index contributed by atoms with van der Waals surface area (Å²) < 4.78 is 11.4. The van der Waals surface area contributed by atoms with E-state index < -0.39 is 0 Å². The molecule has 0 spiro atoms. The van der Waals surface area contributed by atoms with E-state index in [0.29, 0.717) is 47.8 Å². The lowest BCUT2D eigenvalue weighted by molar-refractivity contribution is -0.121. The maximum Gasteiger partial charge on any atom is 0.258 e. The molecule has 0 bridgehead atoms. The molecule has 2 aromatic carbocycles. The molecule has 0 saturated carbocycles. The molecule has 1 amide bonds. The molecule has 1 aliphatic rings. The highest BCUT2D eigenvalue weighted by molar-refractivity contribution is 5.78. The zero-order chi connectivity index (χ0) is 18.6. The van der Waals surface area contributed by atoms with Crippen molar-refractivity contribution >= 4 is 16.8 Å². The van der Waals surface area contributed by atoms with Crippen LogP contribution in [0.4, 0.5) is 0 Å². The number of carbonyl (C=O) groups excluding carboxylic acids is 1. The van der Waals surface area contributed by atoms with Gasteiger partial charge in [0.05, 0.1) is 17.4 Å². The van der Waals surface area contributed by atoms with Gasteiger partial charge in [-0.2, -0.15) is 0 Å². The van der Waals surface area contributed by atoms with Gasteiger partial charge < -0.3 is 19.8 Å². The van der Waals surface area contributed by atoms with Crippen molar-refractivity contribution in [1.82, 2.24) is 15.3 Å². The summed E-state index contributed by atoms with van der Waals surface area (Å²) in [6.45, 7) is 0.742. The van der Waals surface area contributed by atoms with Crippen LogP contribution in [0.1, 0.15) is 12.2 Å². The predicted molar refractivity (Wildman–Crippen MR) is 100 cm³/mol. The van der Waals surface area contributed by atoms with Crippen LogP contribution in [0.5, 0.6) is 11.5 Å². The smallest absolute Gasteiger partial charge is 0.258 e. The average Bonchev–Trinajstić information content (AvgIpc) is 2.70. The normalized spacial score (nSPS) is 15.5. The highest BCUT2D eigenvalue weighted by Crippen LogP contribution is 2.30. The molecule has 7 heteroatoms. The first-order valence-corrected chi connectivity index (χ1v) is 8.82. The first kappa shape index (κ1) is 17.1. The maximum absolute atomic E-state index is 12.1. The Morgan fingerprint density at radius 3 is 2.81 bits per heavy atom. The van der Waals surface area contributed by atoms with E-state index in [0.717, 1.165) is 0 Å². The number of benzene rings is 2. The fourth-order valence-electron chi connectivity index (χ4n) is 2.96. The number of para-hydroxylation sites is 3. The second-order valence-corrected chi connectivity index (χ2v) is 6.33. The van der Waals surface area contributed by atoms with Crippen molar-refractivity contribution < 1.29 is 14.3 Å². The molecular formula is C20H19N3O4. The molecule has 2 heterocycles. The number of rotatable bonds is 5. The van der Waals surface area contributed by atoms with Gasteiger partial charge in [0.1, 0.15) is 18.5 Å². The molecule has 4 rings (SSSR count). The van der Waals surface area contributed by atoms with Crippen molar-refractivity contribution in [2.75, 3.05) is 13.2 Å². The van der Waals surface area contributed by atoms with Gasteiger partial charge >= 0.3 is 0 Å². The van der Waals surface area contributed by atoms with Crippen LogP contribution in [0.25, 0.3) is 10.9 Å². The lowest BCUT2D eigenvalue weighted by Gasteiger charge is -2.26. The zero-order valence-corrected chi connectivity index (χ0v) is 14.6. The summed E-state index contributed by atoms with van der Waals surface area (Å²) >= 11 is 0. The van der Waals surface area contributed by atoms with E-state index in [4.69, 9.17) is 9.47 Å². The van der Waals surface area contributed by atoms with E-state index in [1.165, 1.54) is 0 Å². The molecule has 1 aromatic heterocycles. The molecule has 0 unspecified atom stereocenters. The highest BCUT2D eigenvalue weighted by Gasteiger charge is 2.21. The summed E-state index contributed by atoms with van der Waals surface area (Å²) in [5, 5.41) is 3.38. The van der Waals surface area contributed by atoms with Crippen LogP contribution in [0.15, 0.2) is 53.3 Å². The Morgan fingerprint density at radius 1 is 1.15 bits per heavy atom. The number of carbonyl (C=O) groups is 1. The summed E-state index contributed by atoms with van der Waals surface area (Å²) in [5.41, 5.74) is 0.436. The van der Waals surface area contributed by atoms with Crippen LogP contribution >= 0.6 is 0 Å². The monoisotopic (exact) mass is 365 g/mol. The molecule has 3 aromatic rings. The van der Waals surface area contributed by atoms with E-state index >= 15 is 0 Å². The van der Waals surface area contributed by atoms with E-state index in [-0.39, 0.29) is 24.0 Å². The minimum absolute atomic E-state index is 0.131. The molecule has 0 radical (unpaired) electrons. The van der Waals surface area contributed by atoms with Gasteiger partial charge in [-0.3, -0.25) is 9.59 Å². The zero-order valence-electron chi connectivity index (χ0n) is 14.6. The van der Waals surface area contributed by atoms with Crippen molar-refractivity contribution in [3.8, 4) is 11.5 Å². The molecule has 0 fully saturated rings. The van der Waals surface area contributed by atoms with E-state index in [1.807, 2.05) is 30.3 Å². The standard InChI is InChI=1S/C20H19N3O4/c24-19(21-11-13-12-26-16-7-3-4-8-17(16)27-13)10-9-18-22-15-6-2-1-5-14(15)20(25)23-18/h1-8,13H,9-12H2,(H,21,24)(H,22,23,25)/t13-/m0/s1. The van der Waals surface area contributed by atoms with E-state index in [9.17, 15) is 9.59 Å². The van der Waals surface area contributed by atoms with Crippen LogP contribution < -0.4 is 20.3 Å². The fraction of sp³-hybridized carbons (Fsp3) is 0.250. The minimum atomic E-state index is -0.234. The average molecular weight is 365 g/mol. The Morgan fingerprint density at radius 2 is 1.93 bits per heavy atom. The van der Waals surface area contributed by atoms with Crippen LogP contribution in [0.2, 0.25) is 0 Å². The van der Waals surface area contributed by atoms with Gasteiger partial charge in [-0.05, 0) is 24.3 Å².